The van der Waals surface area contributed by atoms with Crippen LogP contribution in [0.15, 0.2) is 41.2 Å². The van der Waals surface area contributed by atoms with E-state index in [1.165, 1.54) is 5.12 Å². The van der Waals surface area contributed by atoms with E-state index in [9.17, 15) is 4.79 Å². The number of nitrogen functional groups attached to an aromatic ring is 1. The van der Waals surface area contributed by atoms with E-state index in [1.54, 1.807) is 24.6 Å². The van der Waals surface area contributed by atoms with E-state index >= 15 is 0 Å². The maximum absolute atomic E-state index is 10.9. The van der Waals surface area contributed by atoms with Crippen LogP contribution >= 0.6 is 12.6 Å². The zero-order valence-electron chi connectivity index (χ0n) is 12.9. The number of rotatable bonds is 9. The summed E-state index contributed by atoms with van der Waals surface area (Å²) in [6.45, 7) is 0.829. The van der Waals surface area contributed by atoms with Gasteiger partial charge >= 0.3 is 0 Å². The lowest BCUT2D eigenvalue weighted by Crippen LogP contribution is -2.46. The third kappa shape index (κ3) is 6.10. The van der Waals surface area contributed by atoms with E-state index < -0.39 is 0 Å². The third-order valence-corrected chi connectivity index (χ3v) is 3.22. The van der Waals surface area contributed by atoms with Gasteiger partial charge in [-0.25, -0.2) is 0 Å². The Balaban J connectivity index is 2.53. The number of hydrazine groups is 2. The van der Waals surface area contributed by atoms with E-state index in [-0.39, 0.29) is 11.5 Å². The van der Waals surface area contributed by atoms with Gasteiger partial charge in [0.05, 0.1) is 12.2 Å². The van der Waals surface area contributed by atoms with Gasteiger partial charge in [-0.15, -0.1) is 12.6 Å². The highest BCUT2D eigenvalue weighted by atomic mass is 32.1. The van der Waals surface area contributed by atoms with E-state index in [2.05, 4.69) is 28.7 Å². The molecule has 0 heterocycles. The molecule has 0 unspecified atom stereocenters. The van der Waals surface area contributed by atoms with Crippen molar-refractivity contribution in [2.45, 2.75) is 0 Å². The highest BCUT2D eigenvalue weighted by molar-refractivity contribution is 7.83. The van der Waals surface area contributed by atoms with Crippen molar-refractivity contribution in [3.05, 3.63) is 46.8 Å². The second kappa shape index (κ2) is 9.62. The van der Waals surface area contributed by atoms with Crippen LogP contribution in [-0.2, 0) is 4.79 Å². The number of hydrogen-bond donors (Lipinski definition) is 7. The number of thiol groups is 1. The van der Waals surface area contributed by atoms with Gasteiger partial charge in [-0.3, -0.25) is 10.6 Å². The summed E-state index contributed by atoms with van der Waals surface area (Å²) in [5, 5.41) is 8.58. The molecule has 1 aromatic rings. The minimum Gasteiger partial charge on any atom is -0.399 e. The van der Waals surface area contributed by atoms with Crippen LogP contribution in [-0.4, -0.2) is 31.5 Å². The number of nitrogens with zero attached hydrogens (tertiary/aromatic N) is 1. The molecule has 0 atom stereocenters. The molecule has 0 aliphatic rings. The molecule has 8 nitrogen and oxygen atoms in total. The van der Waals surface area contributed by atoms with Crippen molar-refractivity contribution in [1.29, 1.82) is 0 Å². The van der Waals surface area contributed by atoms with Gasteiger partial charge in [0.25, 0.3) is 0 Å². The minimum atomic E-state index is 0.273. The maximum atomic E-state index is 10.9. The maximum Gasteiger partial charge on any atom is 0.169 e. The Morgan fingerprint density at radius 1 is 1.35 bits per heavy atom. The minimum absolute atomic E-state index is 0.273. The summed E-state index contributed by atoms with van der Waals surface area (Å²) in [4.78, 5) is 10.9. The fourth-order valence-electron chi connectivity index (χ4n) is 1.69. The van der Waals surface area contributed by atoms with Crippen molar-refractivity contribution in [3.8, 4) is 0 Å². The van der Waals surface area contributed by atoms with Crippen molar-refractivity contribution >= 4 is 30.3 Å². The number of benzene rings is 1. The molecule has 1 aromatic carbocycles. The molecule has 0 fully saturated rings. The Bertz CT molecular complexity index is 571. The zero-order valence-corrected chi connectivity index (χ0v) is 13.8. The first kappa shape index (κ1) is 18.7. The average Bonchev–Trinajstić information content (AvgIpc) is 2.56. The van der Waals surface area contributed by atoms with Gasteiger partial charge in [-0.05, 0) is 23.1 Å². The van der Waals surface area contributed by atoms with Gasteiger partial charge in [0.1, 0.15) is 11.5 Å². The average molecular weight is 337 g/mol. The van der Waals surface area contributed by atoms with Crippen LogP contribution in [0.5, 0.6) is 0 Å². The Morgan fingerprint density at radius 3 is 2.52 bits per heavy atom. The number of nitrogens with two attached hydrogens (primary N) is 3. The van der Waals surface area contributed by atoms with Gasteiger partial charge in [0.2, 0.25) is 0 Å². The SMILES string of the molecule is CN/C(N)=C(\C=O)NCCN(N)N/C(=C\S)c1ccc(N)cc1. The fourth-order valence-corrected chi connectivity index (χ4v) is 1.89. The molecule has 0 bridgehead atoms. The number of nitrogens with one attached hydrogen (secondary N) is 3. The number of allylic oxidation sites excluding steroid dienone is 1. The number of hydrogen-bond acceptors (Lipinski definition) is 9. The normalized spacial score (nSPS) is 12.6. The van der Waals surface area contributed by atoms with Gasteiger partial charge in [0.15, 0.2) is 6.29 Å². The van der Waals surface area contributed by atoms with E-state index in [0.717, 1.165) is 11.3 Å². The van der Waals surface area contributed by atoms with Crippen LogP contribution < -0.4 is 33.4 Å². The second-order valence-corrected chi connectivity index (χ2v) is 4.85. The Labute approximate surface area is 141 Å². The monoisotopic (exact) mass is 337 g/mol. The molecule has 23 heavy (non-hydrogen) atoms. The molecule has 9 N–H and O–H groups in total. The molecule has 0 radical (unpaired) electrons. The topological polar surface area (TPSA) is 134 Å². The fraction of sp³-hybridized carbons (Fsp3) is 0.214. The van der Waals surface area contributed by atoms with E-state index in [0.29, 0.717) is 25.1 Å². The second-order valence-electron chi connectivity index (χ2n) is 4.59. The van der Waals surface area contributed by atoms with Crippen LogP contribution in [0.2, 0.25) is 0 Å². The molecule has 1 rings (SSSR count). The van der Waals surface area contributed by atoms with Gasteiger partial charge < -0.3 is 27.5 Å². The molecule has 0 spiro atoms. The molecule has 126 valence electrons. The Kier molecular flexibility index (Phi) is 7.81. The summed E-state index contributed by atoms with van der Waals surface area (Å²) < 4.78 is 0. The Hall–Kier alpha value is -2.36. The van der Waals surface area contributed by atoms with E-state index in [4.69, 9.17) is 17.3 Å². The lowest BCUT2D eigenvalue weighted by molar-refractivity contribution is -0.105. The van der Waals surface area contributed by atoms with Crippen LogP contribution in [0.1, 0.15) is 5.56 Å². The summed E-state index contributed by atoms with van der Waals surface area (Å²) >= 11 is 4.17. The van der Waals surface area contributed by atoms with Crippen molar-refractivity contribution in [2.24, 2.45) is 11.6 Å². The number of anilines is 1. The van der Waals surface area contributed by atoms with Gasteiger partial charge in [0, 0.05) is 19.3 Å². The van der Waals surface area contributed by atoms with Crippen LogP contribution in [0.25, 0.3) is 5.70 Å². The third-order valence-electron chi connectivity index (χ3n) is 2.96. The molecule has 0 aliphatic heterocycles. The number of aldehydes is 1. The first-order valence-corrected chi connectivity index (χ1v) is 7.39. The molecule has 0 saturated heterocycles. The van der Waals surface area contributed by atoms with Crippen molar-refractivity contribution in [2.75, 3.05) is 25.9 Å². The van der Waals surface area contributed by atoms with Gasteiger partial charge in [-0.1, -0.05) is 12.1 Å². The van der Waals surface area contributed by atoms with Gasteiger partial charge in [-0.2, -0.15) is 5.12 Å². The zero-order chi connectivity index (χ0) is 17.2. The predicted molar refractivity (Wildman–Crippen MR) is 96.2 cm³/mol. The smallest absolute Gasteiger partial charge is 0.169 e. The quantitative estimate of drug-likeness (QED) is 0.0786. The largest absolute Gasteiger partial charge is 0.399 e. The van der Waals surface area contributed by atoms with E-state index in [1.807, 2.05) is 12.1 Å². The molecule has 0 aromatic heterocycles. The first-order valence-electron chi connectivity index (χ1n) is 6.87. The van der Waals surface area contributed by atoms with Crippen molar-refractivity contribution < 1.29 is 4.79 Å². The highest BCUT2D eigenvalue weighted by Gasteiger charge is 2.06. The summed E-state index contributed by atoms with van der Waals surface area (Å²) in [7, 11) is 1.63. The lowest BCUT2D eigenvalue weighted by atomic mass is 10.1. The van der Waals surface area contributed by atoms with Crippen LogP contribution in [0.4, 0.5) is 5.69 Å². The molecule has 9 heteroatoms. The molecular formula is C14H23N7OS. The van der Waals surface area contributed by atoms with Crippen LogP contribution in [0.3, 0.4) is 0 Å². The summed E-state index contributed by atoms with van der Waals surface area (Å²) in [5.41, 5.74) is 16.9. The highest BCUT2D eigenvalue weighted by Crippen LogP contribution is 2.14. The van der Waals surface area contributed by atoms with Crippen molar-refractivity contribution in [1.82, 2.24) is 21.2 Å². The summed E-state index contributed by atoms with van der Waals surface area (Å²) in [6, 6.07) is 7.30. The first-order chi connectivity index (χ1) is 11.0. The summed E-state index contributed by atoms with van der Waals surface area (Å²) in [5.74, 6) is 6.16. The lowest BCUT2D eigenvalue weighted by Gasteiger charge is -2.21. The molecular weight excluding hydrogens is 314 g/mol. The standard InChI is InChI=1S/C14H23N7OS/c1-18-14(16)12(8-22)19-6-7-21(17)20-13(9-23)10-2-4-11(15)5-3-10/h2-5,8-9,18-20,23H,6-7,15-17H2,1H3/b13-9-,14-12+. The number of carbonyl (C=O) groups excluding carboxylic acids is 1. The van der Waals surface area contributed by atoms with Crippen molar-refractivity contribution in [3.63, 3.8) is 0 Å². The van der Waals surface area contributed by atoms with Crippen LogP contribution in [0, 0.1) is 0 Å². The molecule has 0 amide bonds. The molecule has 0 aliphatic carbocycles. The predicted octanol–water partition coefficient (Wildman–Crippen LogP) is -0.687. The Morgan fingerprint density at radius 2 is 2.00 bits per heavy atom. The summed E-state index contributed by atoms with van der Waals surface area (Å²) in [6.07, 6.45) is 0.646. The number of carbonyl (C=O) groups is 1. The molecule has 0 saturated carbocycles.